The summed E-state index contributed by atoms with van der Waals surface area (Å²) in [5, 5.41) is 4.91. The van der Waals surface area contributed by atoms with Gasteiger partial charge >= 0.3 is 0 Å². The van der Waals surface area contributed by atoms with Gasteiger partial charge < -0.3 is 4.74 Å². The number of methoxy groups -OCH3 is 1. The molecule has 5 heteroatoms. The zero-order valence-corrected chi connectivity index (χ0v) is 10.6. The highest BCUT2D eigenvalue weighted by Gasteiger charge is 2.11. The standard InChI is InChI=1S/C12H14N2O2S/c1-16-9-10-5-3-4-6-11(10)14-12(17(2)15)7-8-13-14/h3-8H,9H2,1-2H3/t17-/m0/s1. The first-order valence-electron chi connectivity index (χ1n) is 5.18. The summed E-state index contributed by atoms with van der Waals surface area (Å²) in [5.41, 5.74) is 1.93. The minimum Gasteiger partial charge on any atom is -0.380 e. The van der Waals surface area contributed by atoms with Crippen LogP contribution < -0.4 is 0 Å². The summed E-state index contributed by atoms with van der Waals surface area (Å²) < 4.78 is 18.4. The van der Waals surface area contributed by atoms with Crippen LogP contribution in [-0.4, -0.2) is 27.4 Å². The zero-order chi connectivity index (χ0) is 12.3. The smallest absolute Gasteiger partial charge is 0.130 e. The molecule has 2 aromatic rings. The Labute approximate surface area is 103 Å². The number of nitrogens with zero attached hydrogens (tertiary/aromatic N) is 2. The first-order chi connectivity index (χ1) is 8.24. The third-order valence-electron chi connectivity index (χ3n) is 2.42. The highest BCUT2D eigenvalue weighted by molar-refractivity contribution is 7.84. The van der Waals surface area contributed by atoms with Gasteiger partial charge in [-0.05, 0) is 12.1 Å². The summed E-state index contributed by atoms with van der Waals surface area (Å²) in [6.45, 7) is 0.506. The summed E-state index contributed by atoms with van der Waals surface area (Å²) in [4.78, 5) is 0. The molecular weight excluding hydrogens is 236 g/mol. The number of hydrogen-bond acceptors (Lipinski definition) is 3. The van der Waals surface area contributed by atoms with Crippen molar-refractivity contribution in [3.05, 3.63) is 42.1 Å². The molecule has 2 rings (SSSR count). The second kappa shape index (κ2) is 5.25. The Kier molecular flexibility index (Phi) is 3.71. The van der Waals surface area contributed by atoms with Crippen molar-refractivity contribution in [3.8, 4) is 5.69 Å². The molecule has 1 aromatic heterocycles. The minimum absolute atomic E-state index is 0.506. The van der Waals surface area contributed by atoms with Crippen molar-refractivity contribution in [2.24, 2.45) is 0 Å². The van der Waals surface area contributed by atoms with E-state index in [9.17, 15) is 4.21 Å². The van der Waals surface area contributed by atoms with Gasteiger partial charge in [-0.15, -0.1) is 0 Å². The average molecular weight is 250 g/mol. The normalized spacial score (nSPS) is 12.6. The lowest BCUT2D eigenvalue weighted by Gasteiger charge is -2.10. The highest BCUT2D eigenvalue weighted by atomic mass is 32.2. The fraction of sp³-hybridized carbons (Fsp3) is 0.250. The quantitative estimate of drug-likeness (QED) is 0.830. The second-order valence-electron chi connectivity index (χ2n) is 3.60. The van der Waals surface area contributed by atoms with Crippen molar-refractivity contribution in [2.75, 3.05) is 13.4 Å². The number of ether oxygens (including phenoxy) is 1. The molecule has 4 nitrogen and oxygen atoms in total. The maximum absolute atomic E-state index is 11.6. The Morgan fingerprint density at radius 1 is 1.35 bits per heavy atom. The molecule has 0 bridgehead atoms. The van der Waals surface area contributed by atoms with Crippen LogP contribution in [0.4, 0.5) is 0 Å². The maximum atomic E-state index is 11.6. The molecule has 0 saturated heterocycles. The van der Waals surface area contributed by atoms with E-state index in [2.05, 4.69) is 5.10 Å². The lowest BCUT2D eigenvalue weighted by Crippen LogP contribution is -2.06. The van der Waals surface area contributed by atoms with Crippen LogP contribution in [0.15, 0.2) is 41.6 Å². The van der Waals surface area contributed by atoms with Crippen LogP contribution in [-0.2, 0) is 22.1 Å². The van der Waals surface area contributed by atoms with Crippen LogP contribution in [0.1, 0.15) is 5.56 Å². The Bertz CT molecular complexity index is 537. The molecule has 0 radical (unpaired) electrons. The van der Waals surface area contributed by atoms with E-state index >= 15 is 0 Å². The summed E-state index contributed by atoms with van der Waals surface area (Å²) >= 11 is 0. The third-order valence-corrected chi connectivity index (χ3v) is 3.32. The van der Waals surface area contributed by atoms with Gasteiger partial charge in [0, 0.05) is 18.9 Å². The van der Waals surface area contributed by atoms with E-state index in [1.165, 1.54) is 0 Å². The molecular formula is C12H14N2O2S. The second-order valence-corrected chi connectivity index (χ2v) is 4.92. The van der Waals surface area contributed by atoms with E-state index in [-0.39, 0.29) is 0 Å². The van der Waals surface area contributed by atoms with Crippen molar-refractivity contribution >= 4 is 10.8 Å². The van der Waals surface area contributed by atoms with E-state index < -0.39 is 10.8 Å². The van der Waals surface area contributed by atoms with Crippen LogP contribution >= 0.6 is 0 Å². The first kappa shape index (κ1) is 12.0. The van der Waals surface area contributed by atoms with Crippen molar-refractivity contribution in [1.82, 2.24) is 9.78 Å². The number of rotatable bonds is 4. The summed E-state index contributed by atoms with van der Waals surface area (Å²) in [5.74, 6) is 0. The van der Waals surface area contributed by atoms with Gasteiger partial charge in [0.1, 0.15) is 5.03 Å². The fourth-order valence-corrected chi connectivity index (χ4v) is 2.33. The van der Waals surface area contributed by atoms with Gasteiger partial charge in [0.25, 0.3) is 0 Å². The van der Waals surface area contributed by atoms with E-state index in [1.807, 2.05) is 24.3 Å². The van der Waals surface area contributed by atoms with Crippen molar-refractivity contribution < 1.29 is 8.95 Å². The number of aromatic nitrogens is 2. The molecule has 17 heavy (non-hydrogen) atoms. The molecule has 0 aliphatic carbocycles. The van der Waals surface area contributed by atoms with E-state index in [1.54, 1.807) is 30.3 Å². The van der Waals surface area contributed by atoms with E-state index in [4.69, 9.17) is 4.74 Å². The summed E-state index contributed by atoms with van der Waals surface area (Å²) in [6.07, 6.45) is 3.30. The van der Waals surface area contributed by atoms with Crippen LogP contribution in [0, 0.1) is 0 Å². The van der Waals surface area contributed by atoms with Gasteiger partial charge in [0.15, 0.2) is 0 Å². The molecule has 1 heterocycles. The Balaban J connectivity index is 2.52. The monoisotopic (exact) mass is 250 g/mol. The van der Waals surface area contributed by atoms with Crippen molar-refractivity contribution in [1.29, 1.82) is 0 Å². The highest BCUT2D eigenvalue weighted by Crippen LogP contribution is 2.18. The minimum atomic E-state index is -1.06. The Morgan fingerprint density at radius 3 is 2.82 bits per heavy atom. The van der Waals surface area contributed by atoms with Crippen LogP contribution in [0.2, 0.25) is 0 Å². The molecule has 0 saturated carbocycles. The van der Waals surface area contributed by atoms with Gasteiger partial charge in [-0.1, -0.05) is 18.2 Å². The molecule has 1 aromatic carbocycles. The van der Waals surface area contributed by atoms with Crippen molar-refractivity contribution in [3.63, 3.8) is 0 Å². The molecule has 0 fully saturated rings. The van der Waals surface area contributed by atoms with E-state index in [0.717, 1.165) is 11.3 Å². The average Bonchev–Trinajstić information content (AvgIpc) is 2.79. The Hall–Kier alpha value is -1.46. The summed E-state index contributed by atoms with van der Waals surface area (Å²) in [7, 11) is 0.589. The van der Waals surface area contributed by atoms with Gasteiger partial charge in [0.05, 0.1) is 29.3 Å². The lowest BCUT2D eigenvalue weighted by molar-refractivity contribution is 0.184. The van der Waals surface area contributed by atoms with E-state index in [0.29, 0.717) is 11.6 Å². The predicted octanol–water partition coefficient (Wildman–Crippen LogP) is 1.76. The molecule has 0 aliphatic rings. The summed E-state index contributed by atoms with van der Waals surface area (Å²) in [6, 6.07) is 9.56. The van der Waals surface area contributed by atoms with Crippen molar-refractivity contribution in [2.45, 2.75) is 11.6 Å². The Morgan fingerprint density at radius 2 is 2.12 bits per heavy atom. The van der Waals surface area contributed by atoms with Crippen LogP contribution in [0.3, 0.4) is 0 Å². The topological polar surface area (TPSA) is 44.1 Å². The molecule has 1 atom stereocenters. The first-order valence-corrected chi connectivity index (χ1v) is 6.74. The zero-order valence-electron chi connectivity index (χ0n) is 9.79. The third kappa shape index (κ3) is 2.45. The SMILES string of the molecule is COCc1ccccc1-n1nccc1[S@](C)=O. The lowest BCUT2D eigenvalue weighted by atomic mass is 10.2. The number of benzene rings is 1. The number of para-hydroxylation sites is 1. The molecule has 0 N–H and O–H groups in total. The van der Waals surface area contributed by atoms with Crippen LogP contribution in [0.5, 0.6) is 0 Å². The molecule has 0 amide bonds. The molecule has 0 spiro atoms. The largest absolute Gasteiger partial charge is 0.380 e. The molecule has 0 unspecified atom stereocenters. The fourth-order valence-electron chi connectivity index (χ4n) is 1.68. The van der Waals surface area contributed by atoms with Gasteiger partial charge in [-0.2, -0.15) is 5.10 Å². The maximum Gasteiger partial charge on any atom is 0.130 e. The molecule has 90 valence electrons. The van der Waals surface area contributed by atoms with Gasteiger partial charge in [-0.3, -0.25) is 4.21 Å². The number of hydrogen-bond donors (Lipinski definition) is 0. The van der Waals surface area contributed by atoms with Gasteiger partial charge in [0.2, 0.25) is 0 Å². The molecule has 0 aliphatic heterocycles. The van der Waals surface area contributed by atoms with Gasteiger partial charge in [-0.25, -0.2) is 4.68 Å². The predicted molar refractivity (Wildman–Crippen MR) is 66.6 cm³/mol. The van der Waals surface area contributed by atoms with Crippen LogP contribution in [0.25, 0.3) is 5.69 Å².